The zero-order chi connectivity index (χ0) is 19.7. The van der Waals surface area contributed by atoms with Crippen molar-refractivity contribution in [1.82, 2.24) is 15.3 Å². The second-order valence-corrected chi connectivity index (χ2v) is 9.58. The first kappa shape index (κ1) is 19.6. The molecule has 28 heavy (non-hydrogen) atoms. The van der Waals surface area contributed by atoms with Crippen molar-refractivity contribution >= 4 is 11.9 Å². The summed E-state index contributed by atoms with van der Waals surface area (Å²) in [5, 5.41) is 3.35. The molecule has 1 unspecified atom stereocenters. The molecule has 2 fully saturated rings. The maximum absolute atomic E-state index is 13.0. The van der Waals surface area contributed by atoms with Crippen LogP contribution in [0.15, 0.2) is 6.20 Å². The predicted octanol–water partition coefficient (Wildman–Crippen LogP) is 3.41. The van der Waals surface area contributed by atoms with Crippen molar-refractivity contribution in [2.45, 2.75) is 77.4 Å². The summed E-state index contributed by atoms with van der Waals surface area (Å²) in [6.07, 6.45) is 10.4. The van der Waals surface area contributed by atoms with Gasteiger partial charge in [-0.15, -0.1) is 0 Å². The van der Waals surface area contributed by atoms with Crippen molar-refractivity contribution in [3.8, 4) is 0 Å². The van der Waals surface area contributed by atoms with E-state index < -0.39 is 0 Å². The van der Waals surface area contributed by atoms with Gasteiger partial charge in [0.2, 0.25) is 11.9 Å². The molecule has 1 N–H and O–H groups in total. The van der Waals surface area contributed by atoms with E-state index in [9.17, 15) is 4.79 Å². The Morgan fingerprint density at radius 3 is 2.61 bits per heavy atom. The fraction of sp³-hybridized carbons (Fsp3) is 0.773. The zero-order valence-corrected chi connectivity index (χ0v) is 17.5. The Morgan fingerprint density at radius 2 is 1.93 bits per heavy atom. The lowest BCUT2D eigenvalue weighted by atomic mass is 9.74. The first-order chi connectivity index (χ1) is 13.4. The molecule has 154 valence electrons. The highest BCUT2D eigenvalue weighted by molar-refractivity contribution is 5.79. The van der Waals surface area contributed by atoms with Crippen molar-refractivity contribution in [2.75, 3.05) is 25.1 Å². The Bertz CT molecular complexity index is 706. The Labute approximate surface area is 168 Å². The summed E-state index contributed by atoms with van der Waals surface area (Å²) < 4.78 is 5.44. The molecule has 2 aliphatic carbocycles. The van der Waals surface area contributed by atoms with Crippen molar-refractivity contribution in [3.63, 3.8) is 0 Å². The molecule has 1 saturated heterocycles. The number of rotatable bonds is 4. The molecule has 4 rings (SSSR count). The highest BCUT2D eigenvalue weighted by atomic mass is 16.5. The third-order valence-electron chi connectivity index (χ3n) is 6.75. The molecule has 0 radical (unpaired) electrons. The molecule has 2 heterocycles. The largest absolute Gasteiger partial charge is 0.381 e. The molecule has 0 bridgehead atoms. The molecule has 3 aliphatic rings. The lowest BCUT2D eigenvalue weighted by Crippen LogP contribution is -2.41. The molecule has 6 nitrogen and oxygen atoms in total. The fourth-order valence-electron chi connectivity index (χ4n) is 5.09. The summed E-state index contributed by atoms with van der Waals surface area (Å²) in [5.41, 5.74) is 2.35. The highest BCUT2D eigenvalue weighted by Gasteiger charge is 2.36. The predicted molar refractivity (Wildman–Crippen MR) is 109 cm³/mol. The standard InChI is InChI=1S/C22H34N4O2/c1-22(2)12-18(24-20(27)15-6-8-16(28-3)9-7-15)17-14-23-21(25-19(17)13-22)26-10-4-5-11-26/h14-16,18H,4-13H2,1-3H3,(H,24,27). The zero-order valence-electron chi connectivity index (χ0n) is 17.5. The van der Waals surface area contributed by atoms with E-state index in [1.165, 1.54) is 12.8 Å². The first-order valence-electron chi connectivity index (χ1n) is 10.9. The normalized spacial score (nSPS) is 29.4. The van der Waals surface area contributed by atoms with Crippen LogP contribution in [0.1, 0.15) is 76.1 Å². The number of hydrogen-bond acceptors (Lipinski definition) is 5. The van der Waals surface area contributed by atoms with E-state index in [1.54, 1.807) is 7.11 Å². The highest BCUT2D eigenvalue weighted by Crippen LogP contribution is 2.40. The van der Waals surface area contributed by atoms with Gasteiger partial charge in [0.25, 0.3) is 0 Å². The van der Waals surface area contributed by atoms with Crippen LogP contribution in [0.4, 0.5) is 5.95 Å². The quantitative estimate of drug-likeness (QED) is 0.859. The summed E-state index contributed by atoms with van der Waals surface area (Å²) >= 11 is 0. The minimum Gasteiger partial charge on any atom is -0.381 e. The van der Waals surface area contributed by atoms with Crippen LogP contribution in [-0.2, 0) is 16.0 Å². The molecule has 1 aromatic heterocycles. The molecule has 0 aromatic carbocycles. The first-order valence-corrected chi connectivity index (χ1v) is 10.9. The maximum Gasteiger partial charge on any atom is 0.225 e. The SMILES string of the molecule is COC1CCC(C(=O)NC2CC(C)(C)Cc3nc(N4CCCC4)ncc32)CC1. The lowest BCUT2D eigenvalue weighted by molar-refractivity contribution is -0.127. The average molecular weight is 387 g/mol. The number of fused-ring (bicyclic) bond motifs is 1. The number of hydrogen-bond donors (Lipinski definition) is 1. The molecule has 0 spiro atoms. The van der Waals surface area contributed by atoms with E-state index in [-0.39, 0.29) is 23.3 Å². The van der Waals surface area contributed by atoms with Gasteiger partial charge in [0, 0.05) is 37.9 Å². The fourth-order valence-corrected chi connectivity index (χ4v) is 5.09. The van der Waals surface area contributed by atoms with Crippen LogP contribution >= 0.6 is 0 Å². The van der Waals surface area contributed by atoms with Gasteiger partial charge in [-0.1, -0.05) is 13.8 Å². The van der Waals surface area contributed by atoms with Gasteiger partial charge in [0.15, 0.2) is 0 Å². The van der Waals surface area contributed by atoms with E-state index in [2.05, 4.69) is 29.0 Å². The van der Waals surface area contributed by atoms with Crippen molar-refractivity contribution in [2.24, 2.45) is 11.3 Å². The number of amides is 1. The lowest BCUT2D eigenvalue weighted by Gasteiger charge is -2.37. The van der Waals surface area contributed by atoms with Gasteiger partial charge < -0.3 is 15.0 Å². The van der Waals surface area contributed by atoms with Crippen LogP contribution in [0.5, 0.6) is 0 Å². The Hall–Kier alpha value is -1.69. The molecular formula is C22H34N4O2. The molecule has 1 aliphatic heterocycles. The second-order valence-electron chi connectivity index (χ2n) is 9.58. The minimum atomic E-state index is 0.0130. The monoisotopic (exact) mass is 386 g/mol. The van der Waals surface area contributed by atoms with Gasteiger partial charge in [0.1, 0.15) is 0 Å². The summed E-state index contributed by atoms with van der Waals surface area (Å²) in [6, 6.07) is 0.0130. The van der Waals surface area contributed by atoms with Gasteiger partial charge in [0.05, 0.1) is 17.8 Å². The van der Waals surface area contributed by atoms with Crippen LogP contribution < -0.4 is 10.2 Å². The number of methoxy groups -OCH3 is 1. The minimum absolute atomic E-state index is 0.0130. The summed E-state index contributed by atoms with van der Waals surface area (Å²) in [4.78, 5) is 24.8. The second kappa shape index (κ2) is 7.97. The smallest absolute Gasteiger partial charge is 0.225 e. The van der Waals surface area contributed by atoms with E-state index in [0.717, 1.165) is 68.8 Å². The molecular weight excluding hydrogens is 352 g/mol. The van der Waals surface area contributed by atoms with Crippen molar-refractivity contribution < 1.29 is 9.53 Å². The molecule has 1 saturated carbocycles. The molecule has 6 heteroatoms. The van der Waals surface area contributed by atoms with Crippen molar-refractivity contribution in [1.29, 1.82) is 0 Å². The van der Waals surface area contributed by atoms with Crippen LogP contribution in [0.3, 0.4) is 0 Å². The molecule has 1 amide bonds. The van der Waals surface area contributed by atoms with E-state index >= 15 is 0 Å². The Balaban J connectivity index is 1.49. The summed E-state index contributed by atoms with van der Waals surface area (Å²) in [7, 11) is 1.77. The number of carbonyl (C=O) groups excluding carboxylic acids is 1. The third-order valence-corrected chi connectivity index (χ3v) is 6.75. The van der Waals surface area contributed by atoms with E-state index in [0.29, 0.717) is 6.10 Å². The van der Waals surface area contributed by atoms with Gasteiger partial charge in [-0.3, -0.25) is 4.79 Å². The molecule has 1 aromatic rings. The van der Waals surface area contributed by atoms with Crippen LogP contribution in [-0.4, -0.2) is 42.2 Å². The van der Waals surface area contributed by atoms with Crippen LogP contribution in [0, 0.1) is 11.3 Å². The van der Waals surface area contributed by atoms with Gasteiger partial charge in [-0.25, -0.2) is 9.97 Å². The number of nitrogens with zero attached hydrogens (tertiary/aromatic N) is 3. The third kappa shape index (κ3) is 4.17. The maximum atomic E-state index is 13.0. The summed E-state index contributed by atoms with van der Waals surface area (Å²) in [6.45, 7) is 6.64. The van der Waals surface area contributed by atoms with E-state index in [1.807, 2.05) is 6.20 Å². The summed E-state index contributed by atoms with van der Waals surface area (Å²) in [5.74, 6) is 1.15. The average Bonchev–Trinajstić information content (AvgIpc) is 3.21. The number of ether oxygens (including phenoxy) is 1. The molecule has 1 atom stereocenters. The topological polar surface area (TPSA) is 67.3 Å². The van der Waals surface area contributed by atoms with Crippen LogP contribution in [0.2, 0.25) is 0 Å². The van der Waals surface area contributed by atoms with Gasteiger partial charge >= 0.3 is 0 Å². The van der Waals surface area contributed by atoms with Crippen molar-refractivity contribution in [3.05, 3.63) is 17.5 Å². The Morgan fingerprint density at radius 1 is 1.21 bits per heavy atom. The van der Waals surface area contributed by atoms with Crippen LogP contribution in [0.25, 0.3) is 0 Å². The Kier molecular flexibility index (Phi) is 5.59. The van der Waals surface area contributed by atoms with Gasteiger partial charge in [-0.05, 0) is 56.8 Å². The number of aromatic nitrogens is 2. The number of anilines is 1. The number of nitrogens with one attached hydrogen (secondary N) is 1. The van der Waals surface area contributed by atoms with E-state index in [4.69, 9.17) is 9.72 Å². The van der Waals surface area contributed by atoms with Gasteiger partial charge in [-0.2, -0.15) is 0 Å². The number of carbonyl (C=O) groups is 1.